The van der Waals surface area contributed by atoms with E-state index in [0.717, 1.165) is 25.5 Å². The highest BCUT2D eigenvalue weighted by atomic mass is 127. The third-order valence-electron chi connectivity index (χ3n) is 2.83. The molecule has 0 heterocycles. The summed E-state index contributed by atoms with van der Waals surface area (Å²) in [6, 6.07) is 8.72. The third-order valence-corrected chi connectivity index (χ3v) is 2.83. The van der Waals surface area contributed by atoms with Crippen molar-refractivity contribution in [3.05, 3.63) is 48.0 Å². The average Bonchev–Trinajstić information content (AvgIpc) is 2.40. The molecule has 3 nitrogen and oxygen atoms in total. The predicted octanol–water partition coefficient (Wildman–Crippen LogP) is 3.06. The number of guanidine groups is 1. The largest absolute Gasteiger partial charge is 0.353 e. The summed E-state index contributed by atoms with van der Waals surface area (Å²) in [7, 11) is 3.83. The molecule has 1 rings (SSSR count). The lowest BCUT2D eigenvalue weighted by atomic mass is 10.1. The first-order valence-electron chi connectivity index (χ1n) is 6.31. The van der Waals surface area contributed by atoms with Crippen molar-refractivity contribution in [3.63, 3.8) is 0 Å². The smallest absolute Gasteiger partial charge is 0.193 e. The van der Waals surface area contributed by atoms with Gasteiger partial charge in [-0.05, 0) is 17.5 Å². The Morgan fingerprint density at radius 1 is 1.32 bits per heavy atom. The van der Waals surface area contributed by atoms with Crippen LogP contribution in [0.1, 0.15) is 18.1 Å². The van der Waals surface area contributed by atoms with Gasteiger partial charge in [-0.3, -0.25) is 4.99 Å². The highest BCUT2D eigenvalue weighted by Crippen LogP contribution is 2.07. The number of halogens is 1. The van der Waals surface area contributed by atoms with Crippen LogP contribution in [0.3, 0.4) is 0 Å². The summed E-state index contributed by atoms with van der Waals surface area (Å²) in [5, 5.41) is 3.22. The molecule has 0 aliphatic heterocycles. The topological polar surface area (TPSA) is 27.6 Å². The highest BCUT2D eigenvalue weighted by Gasteiger charge is 2.05. The summed E-state index contributed by atoms with van der Waals surface area (Å²) in [5.74, 6) is 0.884. The van der Waals surface area contributed by atoms with Gasteiger partial charge in [0.05, 0.1) is 0 Å². The van der Waals surface area contributed by atoms with Gasteiger partial charge in [-0.2, -0.15) is 0 Å². The number of hydrogen-bond acceptors (Lipinski definition) is 1. The molecular formula is C15H24IN3. The molecule has 19 heavy (non-hydrogen) atoms. The van der Waals surface area contributed by atoms with Crippen LogP contribution in [0.4, 0.5) is 0 Å². The first-order valence-corrected chi connectivity index (χ1v) is 6.31. The summed E-state index contributed by atoms with van der Waals surface area (Å²) >= 11 is 0. The van der Waals surface area contributed by atoms with Crippen molar-refractivity contribution in [1.29, 1.82) is 0 Å². The quantitative estimate of drug-likeness (QED) is 0.372. The second kappa shape index (κ2) is 9.83. The Morgan fingerprint density at radius 3 is 2.37 bits per heavy atom. The van der Waals surface area contributed by atoms with Gasteiger partial charge in [0.2, 0.25) is 0 Å². The maximum Gasteiger partial charge on any atom is 0.193 e. The second-order valence-electron chi connectivity index (χ2n) is 4.24. The number of nitrogens with one attached hydrogen (secondary N) is 1. The third kappa shape index (κ3) is 6.09. The SMILES string of the molecule is C=CCNC(=NC)N(C)Cc1ccc(CC)cc1.I. The van der Waals surface area contributed by atoms with Crippen molar-refractivity contribution in [2.45, 2.75) is 19.9 Å². The van der Waals surface area contributed by atoms with Crippen molar-refractivity contribution >= 4 is 29.9 Å². The summed E-state index contributed by atoms with van der Waals surface area (Å²) in [6.07, 6.45) is 2.91. The molecular weight excluding hydrogens is 349 g/mol. The molecule has 0 unspecified atom stereocenters. The molecule has 106 valence electrons. The van der Waals surface area contributed by atoms with Gasteiger partial charge >= 0.3 is 0 Å². The van der Waals surface area contributed by atoms with Crippen molar-refractivity contribution < 1.29 is 0 Å². The molecule has 0 amide bonds. The van der Waals surface area contributed by atoms with E-state index in [0.29, 0.717) is 0 Å². The summed E-state index contributed by atoms with van der Waals surface area (Å²) < 4.78 is 0. The van der Waals surface area contributed by atoms with E-state index in [4.69, 9.17) is 0 Å². The van der Waals surface area contributed by atoms with Crippen LogP contribution >= 0.6 is 24.0 Å². The molecule has 0 aromatic heterocycles. The summed E-state index contributed by atoms with van der Waals surface area (Å²) in [5.41, 5.74) is 2.66. The Kier molecular flexibility index (Phi) is 9.30. The minimum atomic E-state index is 0. The first kappa shape index (κ1) is 18.0. The zero-order valence-electron chi connectivity index (χ0n) is 12.0. The lowest BCUT2D eigenvalue weighted by Crippen LogP contribution is -2.38. The van der Waals surface area contributed by atoms with Crippen LogP contribution in [0.5, 0.6) is 0 Å². The Labute approximate surface area is 133 Å². The molecule has 0 saturated carbocycles. The Balaban J connectivity index is 0.00000324. The van der Waals surface area contributed by atoms with E-state index in [1.54, 1.807) is 7.05 Å². The molecule has 0 atom stereocenters. The number of aliphatic imine (C=N–C) groups is 1. The van der Waals surface area contributed by atoms with E-state index in [-0.39, 0.29) is 24.0 Å². The number of rotatable bonds is 5. The van der Waals surface area contributed by atoms with E-state index in [2.05, 4.69) is 53.0 Å². The van der Waals surface area contributed by atoms with Crippen LogP contribution in [0, 0.1) is 0 Å². The summed E-state index contributed by atoms with van der Waals surface area (Å²) in [4.78, 5) is 6.34. The number of nitrogens with zero attached hydrogens (tertiary/aromatic N) is 2. The first-order chi connectivity index (χ1) is 8.71. The zero-order valence-corrected chi connectivity index (χ0v) is 14.3. The van der Waals surface area contributed by atoms with Gasteiger partial charge in [0, 0.05) is 27.2 Å². The van der Waals surface area contributed by atoms with Crippen molar-refractivity contribution in [2.75, 3.05) is 20.6 Å². The van der Waals surface area contributed by atoms with E-state index >= 15 is 0 Å². The minimum Gasteiger partial charge on any atom is -0.353 e. The maximum absolute atomic E-state index is 4.24. The molecule has 0 saturated heterocycles. The fraction of sp³-hybridized carbons (Fsp3) is 0.400. The standard InChI is InChI=1S/C15H23N3.HI/c1-5-11-17-15(16-3)18(4)12-14-9-7-13(6-2)8-10-14;/h5,7-10H,1,6,11-12H2,2-4H3,(H,16,17);1H. The Morgan fingerprint density at radius 2 is 1.89 bits per heavy atom. The lowest BCUT2D eigenvalue weighted by molar-refractivity contribution is 0.480. The van der Waals surface area contributed by atoms with Crippen LogP contribution in [0.2, 0.25) is 0 Å². The molecule has 4 heteroatoms. The highest BCUT2D eigenvalue weighted by molar-refractivity contribution is 14.0. The van der Waals surface area contributed by atoms with Gasteiger partial charge in [-0.25, -0.2) is 0 Å². The van der Waals surface area contributed by atoms with Crippen molar-refractivity contribution in [2.24, 2.45) is 4.99 Å². The van der Waals surface area contributed by atoms with Crippen LogP contribution in [-0.2, 0) is 13.0 Å². The fourth-order valence-corrected chi connectivity index (χ4v) is 1.78. The maximum atomic E-state index is 4.24. The van der Waals surface area contributed by atoms with E-state index in [1.807, 2.05) is 13.1 Å². The Hall–Kier alpha value is -1.04. The molecule has 1 N–H and O–H groups in total. The molecule has 0 spiro atoms. The van der Waals surface area contributed by atoms with Gasteiger partial charge < -0.3 is 10.2 Å². The van der Waals surface area contributed by atoms with Gasteiger partial charge in [-0.15, -0.1) is 30.6 Å². The predicted molar refractivity (Wildman–Crippen MR) is 94.3 cm³/mol. The minimum absolute atomic E-state index is 0. The van der Waals surface area contributed by atoms with Crippen LogP contribution in [-0.4, -0.2) is 31.5 Å². The number of aryl methyl sites for hydroxylation is 1. The van der Waals surface area contributed by atoms with E-state index in [9.17, 15) is 0 Å². The Bertz CT molecular complexity index is 398. The molecule has 1 aromatic rings. The monoisotopic (exact) mass is 373 g/mol. The molecule has 0 radical (unpaired) electrons. The van der Waals surface area contributed by atoms with Gasteiger partial charge in [0.1, 0.15) is 0 Å². The van der Waals surface area contributed by atoms with Gasteiger partial charge in [0.25, 0.3) is 0 Å². The average molecular weight is 373 g/mol. The van der Waals surface area contributed by atoms with Crippen molar-refractivity contribution in [3.8, 4) is 0 Å². The summed E-state index contributed by atoms with van der Waals surface area (Å²) in [6.45, 7) is 7.44. The van der Waals surface area contributed by atoms with Crippen LogP contribution in [0.15, 0.2) is 41.9 Å². The van der Waals surface area contributed by atoms with Gasteiger partial charge in [-0.1, -0.05) is 37.3 Å². The number of hydrogen-bond donors (Lipinski definition) is 1. The molecule has 0 aliphatic carbocycles. The van der Waals surface area contributed by atoms with Crippen LogP contribution in [0.25, 0.3) is 0 Å². The second-order valence-corrected chi connectivity index (χ2v) is 4.24. The lowest BCUT2D eigenvalue weighted by Gasteiger charge is -2.21. The molecule has 0 aliphatic rings. The molecule has 0 bridgehead atoms. The zero-order chi connectivity index (χ0) is 13.4. The normalized spacial score (nSPS) is 10.6. The van der Waals surface area contributed by atoms with E-state index in [1.165, 1.54) is 11.1 Å². The van der Waals surface area contributed by atoms with Crippen LogP contribution < -0.4 is 5.32 Å². The molecule has 1 aromatic carbocycles. The molecule has 0 fully saturated rings. The van der Waals surface area contributed by atoms with Gasteiger partial charge in [0.15, 0.2) is 5.96 Å². The number of benzene rings is 1. The van der Waals surface area contributed by atoms with Crippen molar-refractivity contribution in [1.82, 2.24) is 10.2 Å². The van der Waals surface area contributed by atoms with E-state index < -0.39 is 0 Å². The fourth-order valence-electron chi connectivity index (χ4n) is 1.78.